The van der Waals surface area contributed by atoms with Crippen molar-refractivity contribution >= 4 is 43.5 Å². The number of nitrogens with zero attached hydrogens (tertiary/aromatic N) is 4. The summed E-state index contributed by atoms with van der Waals surface area (Å²) in [6.45, 7) is 0. The fourth-order valence-electron chi connectivity index (χ4n) is 7.39. The Hall–Kier alpha value is -6.52. The van der Waals surface area contributed by atoms with E-state index in [-0.39, 0.29) is 0 Å². The van der Waals surface area contributed by atoms with E-state index in [1.807, 2.05) is 36.4 Å². The topological polar surface area (TPSA) is 35.6 Å². The minimum Gasteiger partial charge on any atom is -0.316 e. The van der Waals surface area contributed by atoms with Gasteiger partial charge in [-0.1, -0.05) is 115 Å². The second kappa shape index (κ2) is 10.5. The van der Waals surface area contributed by atoms with Gasteiger partial charge in [0.25, 0.3) is 0 Å². The van der Waals surface area contributed by atoms with Gasteiger partial charge in [-0.15, -0.1) is 0 Å². The lowest BCUT2D eigenvalue weighted by Crippen LogP contribution is -1.97. The molecule has 4 heteroatoms. The fraction of sp³-hybridized carbons (Fsp3) is 0. The molecule has 0 radical (unpaired) electrons. The molecule has 224 valence electrons. The number of hydrogen-bond donors (Lipinski definition) is 0. The van der Waals surface area contributed by atoms with Gasteiger partial charge in [0, 0.05) is 55.8 Å². The number of rotatable bonds is 5. The molecule has 3 aromatic heterocycles. The lowest BCUT2D eigenvalue weighted by molar-refractivity contribution is 1.13. The van der Waals surface area contributed by atoms with Gasteiger partial charge in [0.15, 0.2) is 5.82 Å². The molecule has 0 bridgehead atoms. The van der Waals surface area contributed by atoms with Crippen LogP contribution in [-0.2, 0) is 0 Å². The largest absolute Gasteiger partial charge is 0.316 e. The summed E-state index contributed by atoms with van der Waals surface area (Å²) in [6.07, 6.45) is 2.20. The Kier molecular flexibility index (Phi) is 5.84. The molecule has 0 amide bonds. The first-order valence-corrected chi connectivity index (χ1v) is 16.3. The Labute approximate surface area is 277 Å². The number of para-hydroxylation sites is 1. The van der Waals surface area contributed by atoms with Crippen molar-refractivity contribution in [3.63, 3.8) is 0 Å². The van der Waals surface area contributed by atoms with Gasteiger partial charge in [-0.2, -0.15) is 0 Å². The molecule has 0 saturated carbocycles. The minimum atomic E-state index is 0.719. The van der Waals surface area contributed by atoms with Gasteiger partial charge in [0.05, 0.1) is 27.9 Å². The van der Waals surface area contributed by atoms with Crippen molar-refractivity contribution in [1.82, 2.24) is 19.1 Å². The van der Waals surface area contributed by atoms with E-state index >= 15 is 0 Å². The van der Waals surface area contributed by atoms with Gasteiger partial charge in [0.2, 0.25) is 0 Å². The van der Waals surface area contributed by atoms with Crippen molar-refractivity contribution < 1.29 is 0 Å². The Morgan fingerprint density at radius 2 is 0.958 bits per heavy atom. The van der Waals surface area contributed by atoms with E-state index < -0.39 is 0 Å². The van der Waals surface area contributed by atoms with Crippen LogP contribution in [0.25, 0.3) is 88.8 Å². The third kappa shape index (κ3) is 4.03. The molecule has 0 saturated heterocycles. The van der Waals surface area contributed by atoms with Crippen molar-refractivity contribution in [2.24, 2.45) is 0 Å². The SMILES string of the molecule is c1ccc(-c2cc(-c3ccc(-n4c5cccc6c7ccn(-c8ccccc8)c7c7cccc4c7c65)cc3)nc(-c3ccccc3)n2)cc1. The maximum absolute atomic E-state index is 5.05. The lowest BCUT2D eigenvalue weighted by Gasteiger charge is -2.11. The van der Waals surface area contributed by atoms with E-state index in [9.17, 15) is 0 Å². The van der Waals surface area contributed by atoms with E-state index in [1.54, 1.807) is 0 Å². The highest BCUT2D eigenvalue weighted by Crippen LogP contribution is 2.44. The standard InChI is InChI=1S/C44H28N4/c1-4-12-29(13-5-1)37-28-38(46-44(45-37)31-14-6-2-7-15-31)30-22-24-33(25-23-30)48-39-20-10-18-34-35-26-27-47(32-16-8-3-9-17-32)43(35)36-19-11-21-40(48)42(36)41(34)39/h1-28H. The molecule has 0 atom stereocenters. The first-order chi connectivity index (χ1) is 23.8. The summed E-state index contributed by atoms with van der Waals surface area (Å²) in [6, 6.07) is 57.7. The van der Waals surface area contributed by atoms with E-state index in [1.165, 1.54) is 43.5 Å². The van der Waals surface area contributed by atoms with Gasteiger partial charge in [0.1, 0.15) is 0 Å². The van der Waals surface area contributed by atoms with Crippen LogP contribution >= 0.6 is 0 Å². The minimum absolute atomic E-state index is 0.719. The zero-order chi connectivity index (χ0) is 31.6. The Balaban J connectivity index is 1.15. The van der Waals surface area contributed by atoms with E-state index in [0.29, 0.717) is 0 Å². The molecule has 10 aromatic rings. The van der Waals surface area contributed by atoms with Crippen molar-refractivity contribution in [3.8, 4) is 45.3 Å². The highest BCUT2D eigenvalue weighted by atomic mass is 15.0. The molecule has 48 heavy (non-hydrogen) atoms. The maximum Gasteiger partial charge on any atom is 0.160 e. The highest BCUT2D eigenvalue weighted by molar-refractivity contribution is 6.34. The number of fused-ring (bicyclic) bond motifs is 3. The third-order valence-electron chi connectivity index (χ3n) is 9.53. The molecule has 0 fully saturated rings. The van der Waals surface area contributed by atoms with Crippen LogP contribution in [0.3, 0.4) is 0 Å². The molecule has 0 aliphatic carbocycles. The summed E-state index contributed by atoms with van der Waals surface area (Å²) in [5.74, 6) is 0.719. The molecule has 7 aromatic carbocycles. The molecule has 0 unspecified atom stereocenters. The third-order valence-corrected chi connectivity index (χ3v) is 9.53. The molecule has 10 rings (SSSR count). The zero-order valence-corrected chi connectivity index (χ0v) is 26.0. The predicted octanol–water partition coefficient (Wildman–Crippen LogP) is 11.1. The van der Waals surface area contributed by atoms with Crippen molar-refractivity contribution in [2.75, 3.05) is 0 Å². The van der Waals surface area contributed by atoms with Gasteiger partial charge < -0.3 is 9.13 Å². The quantitative estimate of drug-likeness (QED) is 0.181. The van der Waals surface area contributed by atoms with Gasteiger partial charge in [-0.05, 0) is 53.9 Å². The number of aromatic nitrogens is 4. The Morgan fingerprint density at radius 3 is 1.62 bits per heavy atom. The number of benzene rings is 7. The monoisotopic (exact) mass is 612 g/mol. The fourth-order valence-corrected chi connectivity index (χ4v) is 7.39. The smallest absolute Gasteiger partial charge is 0.160 e. The zero-order valence-electron chi connectivity index (χ0n) is 26.0. The van der Waals surface area contributed by atoms with Crippen LogP contribution in [0.4, 0.5) is 0 Å². The Bertz CT molecular complexity index is 2680. The van der Waals surface area contributed by atoms with E-state index in [0.717, 1.165) is 45.3 Å². The molecular weight excluding hydrogens is 585 g/mol. The molecule has 0 aliphatic rings. The Morgan fingerprint density at radius 1 is 0.396 bits per heavy atom. The van der Waals surface area contributed by atoms with Gasteiger partial charge in [-0.3, -0.25) is 0 Å². The average Bonchev–Trinajstić information content (AvgIpc) is 3.77. The van der Waals surface area contributed by atoms with Crippen LogP contribution in [-0.4, -0.2) is 19.1 Å². The average molecular weight is 613 g/mol. The summed E-state index contributed by atoms with van der Waals surface area (Å²) in [4.78, 5) is 10.0. The van der Waals surface area contributed by atoms with Crippen LogP contribution in [0.1, 0.15) is 0 Å². The summed E-state index contributed by atoms with van der Waals surface area (Å²) in [5, 5.41) is 6.41. The second-order valence-corrected chi connectivity index (χ2v) is 12.3. The van der Waals surface area contributed by atoms with Gasteiger partial charge >= 0.3 is 0 Å². The maximum atomic E-state index is 5.05. The van der Waals surface area contributed by atoms with Crippen molar-refractivity contribution in [3.05, 3.63) is 170 Å². The summed E-state index contributed by atoms with van der Waals surface area (Å²) < 4.78 is 4.73. The van der Waals surface area contributed by atoms with Crippen LogP contribution in [0.5, 0.6) is 0 Å². The normalized spacial score (nSPS) is 11.8. The molecule has 4 nitrogen and oxygen atoms in total. The lowest BCUT2D eigenvalue weighted by atomic mass is 9.98. The van der Waals surface area contributed by atoms with Gasteiger partial charge in [-0.25, -0.2) is 9.97 Å². The molecular formula is C44H28N4. The van der Waals surface area contributed by atoms with E-state index in [2.05, 4.69) is 143 Å². The first-order valence-electron chi connectivity index (χ1n) is 16.3. The predicted molar refractivity (Wildman–Crippen MR) is 198 cm³/mol. The van der Waals surface area contributed by atoms with Crippen LogP contribution in [0.15, 0.2) is 170 Å². The van der Waals surface area contributed by atoms with Crippen molar-refractivity contribution in [1.29, 1.82) is 0 Å². The van der Waals surface area contributed by atoms with Crippen LogP contribution < -0.4 is 0 Å². The summed E-state index contributed by atoms with van der Waals surface area (Å²) in [5.41, 5.74) is 10.8. The first kappa shape index (κ1) is 26.7. The number of hydrogen-bond acceptors (Lipinski definition) is 2. The second-order valence-electron chi connectivity index (χ2n) is 12.3. The highest BCUT2D eigenvalue weighted by Gasteiger charge is 2.21. The molecule has 0 N–H and O–H groups in total. The van der Waals surface area contributed by atoms with Crippen molar-refractivity contribution in [2.45, 2.75) is 0 Å². The summed E-state index contributed by atoms with van der Waals surface area (Å²) in [7, 11) is 0. The molecule has 3 heterocycles. The van der Waals surface area contributed by atoms with Crippen LogP contribution in [0.2, 0.25) is 0 Å². The van der Waals surface area contributed by atoms with Crippen LogP contribution in [0, 0.1) is 0 Å². The molecule has 0 spiro atoms. The molecule has 0 aliphatic heterocycles. The summed E-state index contributed by atoms with van der Waals surface area (Å²) >= 11 is 0. The van der Waals surface area contributed by atoms with E-state index in [4.69, 9.17) is 9.97 Å².